The van der Waals surface area contributed by atoms with Crippen LogP contribution in [0.3, 0.4) is 0 Å². The number of hydrogen-bond donors (Lipinski definition) is 3. The molecule has 2 aromatic rings. The van der Waals surface area contributed by atoms with Crippen molar-refractivity contribution in [2.45, 2.75) is 43.2 Å². The molecule has 2 aliphatic rings. The van der Waals surface area contributed by atoms with Crippen LogP contribution in [0.15, 0.2) is 35.4 Å². The minimum atomic E-state index is -4.81. The zero-order valence-electron chi connectivity index (χ0n) is 17.8. The Kier molecular flexibility index (Phi) is 5.80. The number of piperidine rings is 1. The molecule has 32 heavy (non-hydrogen) atoms. The Bertz CT molecular complexity index is 1140. The van der Waals surface area contributed by atoms with Gasteiger partial charge in [0.1, 0.15) is 22.1 Å². The minimum Gasteiger partial charge on any atom is -0.384 e. The molecule has 3 N–H and O–H groups in total. The number of fused-ring (bicyclic) bond motifs is 1. The van der Waals surface area contributed by atoms with Crippen LogP contribution in [0.2, 0.25) is 0 Å². The molecule has 1 amide bonds. The van der Waals surface area contributed by atoms with Gasteiger partial charge in [-0.15, -0.1) is 3.89 Å². The van der Waals surface area contributed by atoms with Crippen molar-refractivity contribution in [1.82, 2.24) is 9.88 Å². The molecule has 0 spiro atoms. The van der Waals surface area contributed by atoms with E-state index in [0.29, 0.717) is 42.4 Å². The molecule has 2 atom stereocenters. The first kappa shape index (κ1) is 22.4. The Morgan fingerprint density at radius 3 is 2.78 bits per heavy atom. The van der Waals surface area contributed by atoms with E-state index >= 15 is 0 Å². The van der Waals surface area contributed by atoms with Crippen molar-refractivity contribution in [2.24, 2.45) is 0 Å². The third kappa shape index (κ3) is 4.02. The van der Waals surface area contributed by atoms with Crippen molar-refractivity contribution >= 4 is 33.3 Å². The van der Waals surface area contributed by atoms with Crippen molar-refractivity contribution in [2.75, 3.05) is 35.6 Å². The Labute approximate surface area is 185 Å². The molecule has 1 unspecified atom stereocenters. The predicted octanol–water partition coefficient (Wildman–Crippen LogP) is 3.05. The summed E-state index contributed by atoms with van der Waals surface area (Å²) >= 11 is 0. The summed E-state index contributed by atoms with van der Waals surface area (Å²) in [5.74, 6) is -0.221. The van der Waals surface area contributed by atoms with E-state index in [4.69, 9.17) is 0 Å². The van der Waals surface area contributed by atoms with Gasteiger partial charge in [-0.05, 0) is 57.5 Å². The van der Waals surface area contributed by atoms with Crippen LogP contribution in [0, 0.1) is 5.82 Å². The van der Waals surface area contributed by atoms with Gasteiger partial charge in [-0.2, -0.15) is 8.42 Å². The summed E-state index contributed by atoms with van der Waals surface area (Å²) in [4.78, 5) is 18.6. The van der Waals surface area contributed by atoms with Crippen LogP contribution >= 0.6 is 0 Å². The number of hydrogen-bond acceptors (Lipinski definition) is 7. The van der Waals surface area contributed by atoms with E-state index in [2.05, 4.69) is 20.9 Å². The van der Waals surface area contributed by atoms with Crippen LogP contribution in [-0.2, 0) is 20.6 Å². The van der Waals surface area contributed by atoms with Gasteiger partial charge in [0.05, 0.1) is 17.6 Å². The van der Waals surface area contributed by atoms with Gasteiger partial charge in [-0.1, -0.05) is 0 Å². The van der Waals surface area contributed by atoms with Crippen LogP contribution in [0.4, 0.5) is 25.5 Å². The first-order chi connectivity index (χ1) is 15.1. The molecule has 1 saturated heterocycles. The minimum absolute atomic E-state index is 0.0837. The van der Waals surface area contributed by atoms with Gasteiger partial charge in [-0.3, -0.25) is 9.69 Å². The topological polar surface area (TPSA) is 103 Å². The van der Waals surface area contributed by atoms with E-state index in [1.807, 2.05) is 11.8 Å². The lowest BCUT2D eigenvalue weighted by atomic mass is 9.88. The molecular formula is C21H25F2N5O3S. The quantitative estimate of drug-likeness (QED) is 0.564. The summed E-state index contributed by atoms with van der Waals surface area (Å²) in [5, 5.41) is 9.24. The molecule has 1 aromatic heterocycles. The Hall–Kier alpha value is -2.79. The second-order valence-corrected chi connectivity index (χ2v) is 9.53. The molecule has 0 saturated carbocycles. The number of carbonyl (C=O) groups is 1. The number of aromatic nitrogens is 1. The number of benzene rings is 1. The molecule has 0 bridgehead atoms. The largest absolute Gasteiger partial charge is 0.384 e. The lowest BCUT2D eigenvalue weighted by molar-refractivity contribution is -0.127. The van der Waals surface area contributed by atoms with Gasteiger partial charge >= 0.3 is 10.2 Å². The van der Waals surface area contributed by atoms with Gasteiger partial charge in [0.2, 0.25) is 5.91 Å². The van der Waals surface area contributed by atoms with E-state index < -0.39 is 26.5 Å². The van der Waals surface area contributed by atoms with Crippen molar-refractivity contribution in [3.63, 3.8) is 0 Å². The van der Waals surface area contributed by atoms with Gasteiger partial charge < -0.3 is 16.0 Å². The number of pyridine rings is 1. The number of nitrogens with one attached hydrogen (secondary N) is 3. The average molecular weight is 466 g/mol. The third-order valence-electron chi connectivity index (χ3n) is 6.10. The molecule has 4 rings (SSSR count). The van der Waals surface area contributed by atoms with Crippen LogP contribution in [0.25, 0.3) is 0 Å². The van der Waals surface area contributed by atoms with Crippen molar-refractivity contribution in [1.29, 1.82) is 0 Å². The van der Waals surface area contributed by atoms with Crippen molar-refractivity contribution in [3.05, 3.63) is 41.8 Å². The van der Waals surface area contributed by atoms with Gasteiger partial charge in [-0.25, -0.2) is 9.37 Å². The van der Waals surface area contributed by atoms with Crippen molar-refractivity contribution in [3.8, 4) is 0 Å². The maximum atomic E-state index is 14.4. The first-order valence-corrected chi connectivity index (χ1v) is 11.8. The fourth-order valence-electron chi connectivity index (χ4n) is 4.45. The number of carbonyl (C=O) groups excluding carboxylic acids is 1. The third-order valence-corrected chi connectivity index (χ3v) is 6.90. The molecule has 8 nitrogen and oxygen atoms in total. The highest BCUT2D eigenvalue weighted by atomic mass is 32.3. The number of nitrogens with zero attached hydrogens (tertiary/aromatic N) is 2. The Morgan fingerprint density at radius 1 is 1.34 bits per heavy atom. The smallest absolute Gasteiger partial charge is 0.333 e. The SMILES string of the molecule is CCNc1cc(F)cc2c1NC(=O)[C@]2(C)N1CCCC(Nc2ccc(S(=O)(=O)F)cn2)C1. The molecule has 1 aromatic carbocycles. The maximum absolute atomic E-state index is 14.4. The van der Waals surface area contributed by atoms with Crippen LogP contribution < -0.4 is 16.0 Å². The number of rotatable bonds is 6. The summed E-state index contributed by atoms with van der Waals surface area (Å²) in [5.41, 5.74) is 0.704. The second-order valence-electron chi connectivity index (χ2n) is 8.18. The molecule has 0 aliphatic carbocycles. The summed E-state index contributed by atoms with van der Waals surface area (Å²) < 4.78 is 49.4. The molecule has 172 valence electrons. The highest BCUT2D eigenvalue weighted by Gasteiger charge is 2.49. The van der Waals surface area contributed by atoms with E-state index in [1.165, 1.54) is 18.2 Å². The van der Waals surface area contributed by atoms with Crippen LogP contribution in [0.5, 0.6) is 0 Å². The zero-order chi connectivity index (χ0) is 23.1. The Morgan fingerprint density at radius 2 is 2.12 bits per heavy atom. The van der Waals surface area contributed by atoms with Crippen LogP contribution in [0.1, 0.15) is 32.3 Å². The molecule has 0 radical (unpaired) electrons. The van der Waals surface area contributed by atoms with Gasteiger partial charge in [0.25, 0.3) is 0 Å². The summed E-state index contributed by atoms with van der Waals surface area (Å²) in [7, 11) is -4.81. The fraction of sp³-hybridized carbons (Fsp3) is 0.429. The number of anilines is 3. The summed E-state index contributed by atoms with van der Waals surface area (Å²) in [6.45, 7) is 5.43. The van der Waals surface area contributed by atoms with E-state index in [0.717, 1.165) is 25.1 Å². The highest BCUT2D eigenvalue weighted by molar-refractivity contribution is 7.86. The monoisotopic (exact) mass is 465 g/mol. The van der Waals surface area contributed by atoms with Gasteiger partial charge in [0, 0.05) is 24.7 Å². The summed E-state index contributed by atoms with van der Waals surface area (Å²) in [6, 6.07) is 5.26. The molecule has 3 heterocycles. The molecular weight excluding hydrogens is 440 g/mol. The lowest BCUT2D eigenvalue weighted by Gasteiger charge is -2.42. The van der Waals surface area contributed by atoms with Gasteiger partial charge in [0.15, 0.2) is 0 Å². The number of amides is 1. The van der Waals surface area contributed by atoms with E-state index in [1.54, 1.807) is 6.92 Å². The number of likely N-dealkylation sites (tertiary alicyclic amines) is 1. The fourth-order valence-corrected chi connectivity index (χ4v) is 4.86. The predicted molar refractivity (Wildman–Crippen MR) is 117 cm³/mol. The van der Waals surface area contributed by atoms with Crippen molar-refractivity contribution < 1.29 is 21.5 Å². The Balaban J connectivity index is 1.57. The van der Waals surface area contributed by atoms with E-state index in [-0.39, 0.29) is 11.9 Å². The number of halogens is 2. The average Bonchev–Trinajstić information content (AvgIpc) is 3.00. The highest BCUT2D eigenvalue weighted by Crippen LogP contribution is 2.45. The molecule has 2 aliphatic heterocycles. The molecule has 11 heteroatoms. The zero-order valence-corrected chi connectivity index (χ0v) is 18.6. The lowest BCUT2D eigenvalue weighted by Crippen LogP contribution is -2.55. The standard InChI is InChI=1S/C21H25F2N5O3S/c1-3-24-17-10-13(22)9-16-19(17)27-20(29)21(16,2)28-8-4-5-14(12-28)26-18-7-6-15(11-25-18)32(23,30)31/h6-7,9-11,14,24H,3-5,8,12H2,1-2H3,(H,25,26)(H,27,29)/t14?,21-/m1/s1. The molecule has 1 fully saturated rings. The second kappa shape index (κ2) is 8.28. The summed E-state index contributed by atoms with van der Waals surface area (Å²) in [6.07, 6.45) is 2.56. The van der Waals surface area contributed by atoms with E-state index in [9.17, 15) is 21.5 Å². The first-order valence-electron chi connectivity index (χ1n) is 10.4. The van der Waals surface area contributed by atoms with Crippen LogP contribution in [-0.4, -0.2) is 49.9 Å². The normalized spacial score (nSPS) is 23.5. The maximum Gasteiger partial charge on any atom is 0.333 e.